The third-order valence-corrected chi connectivity index (χ3v) is 4.77. The molecule has 0 amide bonds. The van der Waals surface area contributed by atoms with E-state index in [1.165, 1.54) is 6.26 Å². The zero-order valence-corrected chi connectivity index (χ0v) is 14.9. The van der Waals surface area contributed by atoms with Gasteiger partial charge in [0.05, 0.1) is 7.11 Å². The van der Waals surface area contributed by atoms with Gasteiger partial charge in [-0.05, 0) is 42.7 Å². The van der Waals surface area contributed by atoms with Gasteiger partial charge in [-0.25, -0.2) is 13.4 Å². The number of methoxy groups -OCH3 is 1. The van der Waals surface area contributed by atoms with Crippen LogP contribution in [0.4, 0.5) is 5.82 Å². The summed E-state index contributed by atoms with van der Waals surface area (Å²) >= 11 is 0. The van der Waals surface area contributed by atoms with E-state index in [2.05, 4.69) is 4.98 Å². The van der Waals surface area contributed by atoms with E-state index < -0.39 is 9.84 Å². The second kappa shape index (κ2) is 6.58. The maximum Gasteiger partial charge on any atom is 0.179 e. The Morgan fingerprint density at radius 2 is 1.83 bits per heavy atom. The molecular formula is C17H22N2O3S. The predicted octanol–water partition coefficient (Wildman–Crippen LogP) is 2.75. The largest absolute Gasteiger partial charge is 0.496 e. The minimum atomic E-state index is -3.32. The highest BCUT2D eigenvalue weighted by molar-refractivity contribution is 7.90. The van der Waals surface area contributed by atoms with Crippen LogP contribution in [0.3, 0.4) is 0 Å². The Bertz CT molecular complexity index is 793. The van der Waals surface area contributed by atoms with E-state index in [9.17, 15) is 8.42 Å². The highest BCUT2D eigenvalue weighted by Crippen LogP contribution is 2.27. The van der Waals surface area contributed by atoms with Crippen molar-refractivity contribution in [3.8, 4) is 5.75 Å². The molecule has 0 spiro atoms. The van der Waals surface area contributed by atoms with E-state index in [1.807, 2.05) is 37.9 Å². The molecule has 0 atom stereocenters. The van der Waals surface area contributed by atoms with Crippen molar-refractivity contribution in [2.24, 2.45) is 0 Å². The second-order valence-corrected chi connectivity index (χ2v) is 7.70. The fourth-order valence-electron chi connectivity index (χ4n) is 2.76. The number of anilines is 1. The highest BCUT2D eigenvalue weighted by atomic mass is 32.2. The number of sulfone groups is 1. The molecule has 0 saturated heterocycles. The van der Waals surface area contributed by atoms with Crippen molar-refractivity contribution < 1.29 is 13.2 Å². The van der Waals surface area contributed by atoms with Crippen LogP contribution in [0.25, 0.3) is 0 Å². The fraction of sp³-hybridized carbons (Fsp3) is 0.353. The first-order chi connectivity index (χ1) is 10.7. The van der Waals surface area contributed by atoms with Gasteiger partial charge in [0.2, 0.25) is 0 Å². The Balaban J connectivity index is 2.36. The lowest BCUT2D eigenvalue weighted by Crippen LogP contribution is -2.20. The Hall–Kier alpha value is -2.08. The molecule has 0 radical (unpaired) electrons. The van der Waals surface area contributed by atoms with Crippen molar-refractivity contribution in [3.05, 3.63) is 47.2 Å². The van der Waals surface area contributed by atoms with Crippen LogP contribution in [0.5, 0.6) is 5.75 Å². The number of rotatable bonds is 5. The molecule has 124 valence electrons. The molecule has 1 aromatic heterocycles. The van der Waals surface area contributed by atoms with E-state index in [4.69, 9.17) is 4.74 Å². The van der Waals surface area contributed by atoms with Crippen molar-refractivity contribution in [2.45, 2.75) is 25.3 Å². The summed E-state index contributed by atoms with van der Waals surface area (Å²) in [5.74, 6) is 1.34. The molecule has 0 aliphatic rings. The lowest BCUT2D eigenvalue weighted by molar-refractivity contribution is 0.408. The topological polar surface area (TPSA) is 59.5 Å². The summed E-state index contributed by atoms with van der Waals surface area (Å²) in [6.45, 7) is 4.56. The van der Waals surface area contributed by atoms with Gasteiger partial charge in [-0.3, -0.25) is 0 Å². The van der Waals surface area contributed by atoms with Crippen molar-refractivity contribution in [3.63, 3.8) is 0 Å². The van der Waals surface area contributed by atoms with Gasteiger partial charge < -0.3 is 9.64 Å². The van der Waals surface area contributed by atoms with Gasteiger partial charge in [0.15, 0.2) is 9.84 Å². The normalized spacial score (nSPS) is 11.3. The Labute approximate surface area is 137 Å². The highest BCUT2D eigenvalue weighted by Gasteiger charge is 2.17. The lowest BCUT2D eigenvalue weighted by Gasteiger charge is -2.21. The molecule has 0 bridgehead atoms. The smallest absolute Gasteiger partial charge is 0.179 e. The summed E-state index contributed by atoms with van der Waals surface area (Å²) in [6.07, 6.45) is 2.80. The van der Waals surface area contributed by atoms with Crippen LogP contribution >= 0.6 is 0 Å². The van der Waals surface area contributed by atoms with E-state index in [-0.39, 0.29) is 4.90 Å². The number of aryl methyl sites for hydroxylation is 2. The summed E-state index contributed by atoms with van der Waals surface area (Å²) in [4.78, 5) is 6.33. The number of benzene rings is 1. The minimum Gasteiger partial charge on any atom is -0.496 e. The molecule has 1 aromatic carbocycles. The van der Waals surface area contributed by atoms with Crippen molar-refractivity contribution in [1.29, 1.82) is 0 Å². The molecule has 6 heteroatoms. The van der Waals surface area contributed by atoms with Gasteiger partial charge >= 0.3 is 0 Å². The Kier molecular flexibility index (Phi) is 4.94. The molecular weight excluding hydrogens is 312 g/mol. The molecule has 1 heterocycles. The summed E-state index contributed by atoms with van der Waals surface area (Å²) in [7, 11) is 0.177. The first kappa shape index (κ1) is 17.3. The number of ether oxygens (including phenoxy) is 1. The Morgan fingerprint density at radius 3 is 2.35 bits per heavy atom. The number of hydrogen-bond donors (Lipinski definition) is 0. The fourth-order valence-corrected chi connectivity index (χ4v) is 3.63. The maximum atomic E-state index is 11.9. The van der Waals surface area contributed by atoms with Gasteiger partial charge in [0, 0.05) is 26.0 Å². The molecule has 0 saturated carbocycles. The van der Waals surface area contributed by atoms with Crippen molar-refractivity contribution in [2.75, 3.05) is 25.3 Å². The minimum absolute atomic E-state index is 0.240. The first-order valence-electron chi connectivity index (χ1n) is 7.24. The molecule has 23 heavy (non-hydrogen) atoms. The number of aromatic nitrogens is 1. The molecule has 0 aliphatic heterocycles. The predicted molar refractivity (Wildman–Crippen MR) is 91.9 cm³/mol. The lowest BCUT2D eigenvalue weighted by atomic mass is 10.1. The summed E-state index contributed by atoms with van der Waals surface area (Å²) in [5, 5.41) is 0. The molecule has 0 aliphatic carbocycles. The van der Waals surface area contributed by atoms with Gasteiger partial charge in [-0.15, -0.1) is 0 Å². The molecule has 0 N–H and O–H groups in total. The Morgan fingerprint density at radius 1 is 1.22 bits per heavy atom. The van der Waals surface area contributed by atoms with E-state index in [1.54, 1.807) is 25.4 Å². The number of pyridine rings is 1. The van der Waals surface area contributed by atoms with E-state index in [0.717, 1.165) is 22.4 Å². The molecule has 2 rings (SSSR count). The molecule has 2 aromatic rings. The zero-order chi connectivity index (χ0) is 17.2. The van der Waals surface area contributed by atoms with Gasteiger partial charge in [-0.2, -0.15) is 0 Å². The van der Waals surface area contributed by atoms with Crippen LogP contribution in [0.2, 0.25) is 0 Å². The summed E-state index contributed by atoms with van der Waals surface area (Å²) in [5.41, 5.74) is 3.19. The number of hydrogen-bond acceptors (Lipinski definition) is 5. The molecule has 5 nitrogen and oxygen atoms in total. The first-order valence-corrected chi connectivity index (χ1v) is 9.13. The van der Waals surface area contributed by atoms with Crippen LogP contribution in [0, 0.1) is 13.8 Å². The SMILES string of the molecule is COc1c(C)cc(CN(C)c2ncccc2S(C)(=O)=O)cc1C. The quantitative estimate of drug-likeness (QED) is 0.841. The van der Waals surface area contributed by atoms with E-state index in [0.29, 0.717) is 12.4 Å². The molecule has 0 unspecified atom stereocenters. The average Bonchev–Trinajstić information content (AvgIpc) is 2.46. The van der Waals surface area contributed by atoms with Crippen LogP contribution in [0.1, 0.15) is 16.7 Å². The van der Waals surface area contributed by atoms with Crippen molar-refractivity contribution >= 4 is 15.7 Å². The third-order valence-electron chi connectivity index (χ3n) is 3.66. The van der Waals surface area contributed by atoms with Crippen LogP contribution in [-0.4, -0.2) is 33.8 Å². The summed E-state index contributed by atoms with van der Waals surface area (Å²) < 4.78 is 29.2. The zero-order valence-electron chi connectivity index (χ0n) is 14.1. The van der Waals surface area contributed by atoms with Gasteiger partial charge in [0.25, 0.3) is 0 Å². The van der Waals surface area contributed by atoms with Crippen molar-refractivity contribution in [1.82, 2.24) is 4.98 Å². The average molecular weight is 334 g/mol. The van der Waals surface area contributed by atoms with Gasteiger partial charge in [0.1, 0.15) is 16.5 Å². The maximum absolute atomic E-state index is 11.9. The number of nitrogens with zero attached hydrogens (tertiary/aromatic N) is 2. The van der Waals surface area contributed by atoms with Gasteiger partial charge in [-0.1, -0.05) is 12.1 Å². The standard InChI is InChI=1S/C17H22N2O3S/c1-12-9-14(10-13(2)16(12)22-4)11-19(3)17-15(23(5,20)21)7-6-8-18-17/h6-10H,11H2,1-5H3. The second-order valence-electron chi connectivity index (χ2n) is 5.72. The van der Waals surface area contributed by atoms with E-state index >= 15 is 0 Å². The van der Waals surface area contributed by atoms with Crippen LogP contribution in [0.15, 0.2) is 35.4 Å². The van der Waals surface area contributed by atoms with Crippen LogP contribution < -0.4 is 9.64 Å². The summed E-state index contributed by atoms with van der Waals surface area (Å²) in [6, 6.07) is 7.31. The monoisotopic (exact) mass is 334 g/mol. The third kappa shape index (κ3) is 3.82. The molecule has 0 fully saturated rings. The van der Waals surface area contributed by atoms with Crippen LogP contribution in [-0.2, 0) is 16.4 Å².